The van der Waals surface area contributed by atoms with Gasteiger partial charge in [-0.25, -0.2) is 0 Å². The first-order valence-corrected chi connectivity index (χ1v) is 7.96. The minimum Gasteiger partial charge on any atom is -0.426 e. The number of rotatable bonds is 3. The van der Waals surface area contributed by atoms with Crippen LogP contribution in [-0.2, 0) is 11.2 Å². The summed E-state index contributed by atoms with van der Waals surface area (Å²) in [6.45, 7) is 1.43. The molecule has 4 aromatic rings. The molecule has 1 aromatic heterocycles. The van der Waals surface area contributed by atoms with Crippen LogP contribution in [0.3, 0.4) is 0 Å². The maximum atomic E-state index is 11.3. The number of fused-ring (bicyclic) bond motifs is 3. The number of carbonyl (C=O) groups is 1. The molecule has 0 aliphatic heterocycles. The summed E-state index contributed by atoms with van der Waals surface area (Å²) in [6, 6.07) is 22.4. The molecule has 4 rings (SSSR count). The van der Waals surface area contributed by atoms with Crippen molar-refractivity contribution >= 4 is 27.8 Å². The molecule has 0 atom stereocenters. The Bertz CT molecular complexity index is 1050. The molecule has 0 unspecified atom stereocenters. The van der Waals surface area contributed by atoms with E-state index in [1.165, 1.54) is 23.3 Å². The average Bonchev–Trinajstić information content (AvgIpc) is 2.94. The quantitative estimate of drug-likeness (QED) is 0.434. The Balaban J connectivity index is 1.75. The molecule has 24 heavy (non-hydrogen) atoms. The summed E-state index contributed by atoms with van der Waals surface area (Å²) in [5.74, 6) is 0.332. The van der Waals surface area contributed by atoms with Gasteiger partial charge in [0.05, 0.1) is 0 Å². The molecular formula is C21H17NO2. The number of H-pyrrole nitrogens is 1. The van der Waals surface area contributed by atoms with Gasteiger partial charge >= 0.3 is 5.97 Å². The SMILES string of the molecule is CC(=O)Oc1ccccc1Cc1ccc2[nH]c3ccccc3c2c1. The highest BCUT2D eigenvalue weighted by Crippen LogP contribution is 2.28. The number of benzene rings is 3. The summed E-state index contributed by atoms with van der Waals surface area (Å²) in [7, 11) is 0. The van der Waals surface area contributed by atoms with Crippen molar-refractivity contribution in [3.63, 3.8) is 0 Å². The van der Waals surface area contributed by atoms with Crippen molar-refractivity contribution in [1.29, 1.82) is 0 Å². The van der Waals surface area contributed by atoms with Gasteiger partial charge in [0.1, 0.15) is 5.75 Å². The van der Waals surface area contributed by atoms with E-state index in [1.54, 1.807) is 0 Å². The molecule has 1 N–H and O–H groups in total. The largest absolute Gasteiger partial charge is 0.426 e. The summed E-state index contributed by atoms with van der Waals surface area (Å²) in [6.07, 6.45) is 0.721. The summed E-state index contributed by atoms with van der Waals surface area (Å²) in [5, 5.41) is 2.44. The van der Waals surface area contributed by atoms with Gasteiger partial charge in [0.25, 0.3) is 0 Å². The number of para-hydroxylation sites is 2. The number of esters is 1. The predicted molar refractivity (Wildman–Crippen MR) is 96.4 cm³/mol. The lowest BCUT2D eigenvalue weighted by Crippen LogP contribution is -2.04. The van der Waals surface area contributed by atoms with Gasteiger partial charge in [0.15, 0.2) is 0 Å². The van der Waals surface area contributed by atoms with Gasteiger partial charge in [-0.3, -0.25) is 4.79 Å². The van der Waals surface area contributed by atoms with Gasteiger partial charge in [0.2, 0.25) is 0 Å². The summed E-state index contributed by atoms with van der Waals surface area (Å²) in [4.78, 5) is 14.7. The molecule has 118 valence electrons. The third-order valence-corrected chi connectivity index (χ3v) is 4.19. The number of hydrogen-bond donors (Lipinski definition) is 1. The van der Waals surface area contributed by atoms with Crippen LogP contribution in [0.4, 0.5) is 0 Å². The molecule has 0 bridgehead atoms. The second kappa shape index (κ2) is 5.85. The molecule has 3 aromatic carbocycles. The van der Waals surface area contributed by atoms with E-state index in [9.17, 15) is 4.79 Å². The molecule has 0 saturated heterocycles. The third kappa shape index (κ3) is 2.65. The van der Waals surface area contributed by atoms with Crippen molar-refractivity contribution in [2.75, 3.05) is 0 Å². The second-order valence-corrected chi connectivity index (χ2v) is 5.93. The molecule has 3 nitrogen and oxygen atoms in total. The number of carbonyl (C=O) groups excluding carboxylic acids is 1. The van der Waals surface area contributed by atoms with Crippen LogP contribution in [0.15, 0.2) is 66.7 Å². The lowest BCUT2D eigenvalue weighted by Gasteiger charge is -2.09. The maximum absolute atomic E-state index is 11.3. The highest BCUT2D eigenvalue weighted by atomic mass is 16.5. The topological polar surface area (TPSA) is 42.1 Å². The highest BCUT2D eigenvalue weighted by Gasteiger charge is 2.09. The Labute approximate surface area is 139 Å². The van der Waals surface area contributed by atoms with Gasteiger partial charge in [-0.15, -0.1) is 0 Å². The number of hydrogen-bond acceptors (Lipinski definition) is 2. The number of aromatic amines is 1. The fourth-order valence-corrected chi connectivity index (χ4v) is 3.13. The molecule has 0 spiro atoms. The Morgan fingerprint density at radius 3 is 2.54 bits per heavy atom. The highest BCUT2D eigenvalue weighted by molar-refractivity contribution is 6.07. The van der Waals surface area contributed by atoms with Crippen molar-refractivity contribution < 1.29 is 9.53 Å². The van der Waals surface area contributed by atoms with E-state index in [1.807, 2.05) is 30.3 Å². The molecule has 1 heterocycles. The van der Waals surface area contributed by atoms with Crippen LogP contribution < -0.4 is 4.74 Å². The van der Waals surface area contributed by atoms with Crippen molar-refractivity contribution in [2.24, 2.45) is 0 Å². The van der Waals surface area contributed by atoms with E-state index in [4.69, 9.17) is 4.74 Å². The van der Waals surface area contributed by atoms with Crippen LogP contribution in [-0.4, -0.2) is 11.0 Å². The monoisotopic (exact) mass is 315 g/mol. The standard InChI is InChI=1S/C21H17NO2/c1-14(23)24-21-9-5-2-6-16(21)12-15-10-11-20-18(13-15)17-7-3-4-8-19(17)22-20/h2-11,13,22H,12H2,1H3. The first-order chi connectivity index (χ1) is 11.7. The molecule has 0 fully saturated rings. The zero-order chi connectivity index (χ0) is 16.5. The van der Waals surface area contributed by atoms with Gasteiger partial charge < -0.3 is 9.72 Å². The average molecular weight is 315 g/mol. The molecule has 0 saturated carbocycles. The van der Waals surface area contributed by atoms with Crippen molar-refractivity contribution in [1.82, 2.24) is 4.98 Å². The van der Waals surface area contributed by atoms with E-state index in [-0.39, 0.29) is 5.97 Å². The normalized spacial score (nSPS) is 11.0. The zero-order valence-electron chi connectivity index (χ0n) is 13.4. The molecule has 0 aliphatic carbocycles. The molecule has 0 amide bonds. The number of nitrogens with one attached hydrogen (secondary N) is 1. The minimum atomic E-state index is -0.297. The van der Waals surface area contributed by atoms with Crippen LogP contribution in [0, 0.1) is 0 Å². The summed E-state index contributed by atoms with van der Waals surface area (Å²) >= 11 is 0. The zero-order valence-corrected chi connectivity index (χ0v) is 13.4. The van der Waals surface area contributed by atoms with E-state index in [0.29, 0.717) is 5.75 Å². The Kier molecular flexibility index (Phi) is 3.54. The van der Waals surface area contributed by atoms with Gasteiger partial charge in [-0.2, -0.15) is 0 Å². The molecule has 0 aliphatic rings. The Hall–Kier alpha value is -3.07. The predicted octanol–water partition coefficient (Wildman–Crippen LogP) is 4.84. The maximum Gasteiger partial charge on any atom is 0.308 e. The van der Waals surface area contributed by atoms with Crippen molar-refractivity contribution in [2.45, 2.75) is 13.3 Å². The summed E-state index contributed by atoms with van der Waals surface area (Å²) in [5.41, 5.74) is 4.47. The second-order valence-electron chi connectivity index (χ2n) is 5.93. The van der Waals surface area contributed by atoms with E-state index < -0.39 is 0 Å². The molecule has 0 radical (unpaired) electrons. The smallest absolute Gasteiger partial charge is 0.308 e. The first-order valence-electron chi connectivity index (χ1n) is 7.96. The molecule has 3 heteroatoms. The van der Waals surface area contributed by atoms with Crippen molar-refractivity contribution in [3.05, 3.63) is 77.9 Å². The number of ether oxygens (including phenoxy) is 1. The Morgan fingerprint density at radius 2 is 1.67 bits per heavy atom. The van der Waals surface area contributed by atoms with E-state index in [0.717, 1.165) is 23.0 Å². The van der Waals surface area contributed by atoms with E-state index in [2.05, 4.69) is 41.4 Å². The van der Waals surface area contributed by atoms with Crippen LogP contribution in [0.1, 0.15) is 18.1 Å². The molecular weight excluding hydrogens is 298 g/mol. The minimum absolute atomic E-state index is 0.297. The fraction of sp³-hybridized carbons (Fsp3) is 0.0952. The Morgan fingerprint density at radius 1 is 0.917 bits per heavy atom. The third-order valence-electron chi connectivity index (χ3n) is 4.19. The van der Waals surface area contributed by atoms with Crippen LogP contribution in [0.25, 0.3) is 21.8 Å². The van der Waals surface area contributed by atoms with Crippen LogP contribution >= 0.6 is 0 Å². The summed E-state index contributed by atoms with van der Waals surface area (Å²) < 4.78 is 5.32. The van der Waals surface area contributed by atoms with Crippen molar-refractivity contribution in [3.8, 4) is 5.75 Å². The van der Waals surface area contributed by atoms with Crippen LogP contribution in [0.5, 0.6) is 5.75 Å². The first kappa shape index (κ1) is 14.5. The van der Waals surface area contributed by atoms with Crippen LogP contribution in [0.2, 0.25) is 0 Å². The fourth-order valence-electron chi connectivity index (χ4n) is 3.13. The van der Waals surface area contributed by atoms with E-state index >= 15 is 0 Å². The lowest BCUT2D eigenvalue weighted by molar-refractivity contribution is -0.131. The number of aromatic nitrogens is 1. The lowest BCUT2D eigenvalue weighted by atomic mass is 10.0. The van der Waals surface area contributed by atoms with Gasteiger partial charge in [-0.1, -0.05) is 42.5 Å². The van der Waals surface area contributed by atoms with Gasteiger partial charge in [0, 0.05) is 35.2 Å². The van der Waals surface area contributed by atoms with Gasteiger partial charge in [-0.05, 0) is 35.4 Å².